The zero-order valence-electron chi connectivity index (χ0n) is 14.4. The van der Waals surface area contributed by atoms with E-state index in [0.29, 0.717) is 23.6 Å². The average molecular weight is 365 g/mol. The number of thioether (sulfide) groups is 1. The molecule has 0 aliphatic carbocycles. The van der Waals surface area contributed by atoms with Crippen molar-refractivity contribution < 1.29 is 14.3 Å². The van der Waals surface area contributed by atoms with Crippen LogP contribution in [0.25, 0.3) is 10.8 Å². The number of rotatable bonds is 6. The monoisotopic (exact) mass is 365 g/mol. The SMILES string of the molecule is CCOC(=O)c1ccc(NC(=O)CSc2ccc3ccccc3c2)cc1. The Morgan fingerprint density at radius 3 is 2.42 bits per heavy atom. The Balaban J connectivity index is 1.55. The number of anilines is 1. The molecule has 0 radical (unpaired) electrons. The van der Waals surface area contributed by atoms with Crippen LogP contribution in [0.2, 0.25) is 0 Å². The molecular weight excluding hydrogens is 346 g/mol. The lowest BCUT2D eigenvalue weighted by atomic mass is 10.1. The van der Waals surface area contributed by atoms with Crippen molar-refractivity contribution in [3.8, 4) is 0 Å². The first-order chi connectivity index (χ1) is 12.7. The van der Waals surface area contributed by atoms with E-state index in [2.05, 4.69) is 29.6 Å². The van der Waals surface area contributed by atoms with Gasteiger partial charge in [0.15, 0.2) is 0 Å². The summed E-state index contributed by atoms with van der Waals surface area (Å²) >= 11 is 1.49. The summed E-state index contributed by atoms with van der Waals surface area (Å²) in [7, 11) is 0. The molecule has 0 heterocycles. The van der Waals surface area contributed by atoms with Gasteiger partial charge < -0.3 is 10.1 Å². The third-order valence-corrected chi connectivity index (χ3v) is 4.76. The maximum Gasteiger partial charge on any atom is 0.338 e. The number of ether oxygens (including phenoxy) is 1. The number of amides is 1. The Labute approximate surface area is 156 Å². The number of fused-ring (bicyclic) bond motifs is 1. The first kappa shape index (κ1) is 18.0. The van der Waals surface area contributed by atoms with Crippen LogP contribution in [0.3, 0.4) is 0 Å². The second-order valence-electron chi connectivity index (χ2n) is 5.64. The molecule has 0 bridgehead atoms. The normalized spacial score (nSPS) is 10.5. The fraction of sp³-hybridized carbons (Fsp3) is 0.143. The minimum absolute atomic E-state index is 0.0907. The van der Waals surface area contributed by atoms with Crippen LogP contribution in [0.4, 0.5) is 5.69 Å². The van der Waals surface area contributed by atoms with Gasteiger partial charge in [-0.25, -0.2) is 4.79 Å². The lowest BCUT2D eigenvalue weighted by molar-refractivity contribution is -0.113. The van der Waals surface area contributed by atoms with Crippen LogP contribution < -0.4 is 5.32 Å². The van der Waals surface area contributed by atoms with Gasteiger partial charge in [-0.3, -0.25) is 4.79 Å². The van der Waals surface area contributed by atoms with Crippen LogP contribution in [-0.4, -0.2) is 24.2 Å². The first-order valence-corrected chi connectivity index (χ1v) is 9.33. The molecule has 3 aromatic carbocycles. The third-order valence-electron chi connectivity index (χ3n) is 3.77. The molecule has 3 aromatic rings. The molecule has 0 spiro atoms. The molecule has 132 valence electrons. The molecule has 0 fully saturated rings. The van der Waals surface area contributed by atoms with Crippen LogP contribution in [0, 0.1) is 0 Å². The van der Waals surface area contributed by atoms with E-state index >= 15 is 0 Å². The number of esters is 1. The zero-order chi connectivity index (χ0) is 18.4. The van der Waals surface area contributed by atoms with Gasteiger partial charge in [0.2, 0.25) is 5.91 Å². The molecule has 26 heavy (non-hydrogen) atoms. The van der Waals surface area contributed by atoms with Crippen molar-refractivity contribution >= 4 is 40.1 Å². The van der Waals surface area contributed by atoms with Crippen LogP contribution in [0.15, 0.2) is 71.6 Å². The van der Waals surface area contributed by atoms with E-state index in [1.165, 1.54) is 17.1 Å². The highest BCUT2D eigenvalue weighted by molar-refractivity contribution is 8.00. The number of carbonyl (C=O) groups excluding carboxylic acids is 2. The number of nitrogens with one attached hydrogen (secondary N) is 1. The standard InChI is InChI=1S/C21H19NO3S/c1-2-25-21(24)16-7-10-18(11-8-16)22-20(23)14-26-19-12-9-15-5-3-4-6-17(15)13-19/h3-13H,2,14H2,1H3,(H,22,23). The van der Waals surface area contributed by atoms with Crippen molar-refractivity contribution in [3.05, 3.63) is 72.3 Å². The van der Waals surface area contributed by atoms with Gasteiger partial charge in [-0.2, -0.15) is 0 Å². The van der Waals surface area contributed by atoms with Gasteiger partial charge in [0.25, 0.3) is 0 Å². The van der Waals surface area contributed by atoms with Crippen molar-refractivity contribution in [1.29, 1.82) is 0 Å². The smallest absolute Gasteiger partial charge is 0.338 e. The third kappa shape index (κ3) is 4.64. The predicted octanol–water partition coefficient (Wildman–Crippen LogP) is 4.75. The second-order valence-corrected chi connectivity index (χ2v) is 6.69. The van der Waals surface area contributed by atoms with E-state index in [-0.39, 0.29) is 11.9 Å². The van der Waals surface area contributed by atoms with E-state index in [1.54, 1.807) is 31.2 Å². The van der Waals surface area contributed by atoms with E-state index in [9.17, 15) is 9.59 Å². The summed E-state index contributed by atoms with van der Waals surface area (Å²) in [6.45, 7) is 2.10. The van der Waals surface area contributed by atoms with Gasteiger partial charge in [-0.15, -0.1) is 11.8 Å². The summed E-state index contributed by atoms with van der Waals surface area (Å²) in [6.07, 6.45) is 0. The molecule has 0 saturated heterocycles. The Bertz CT molecular complexity index is 922. The van der Waals surface area contributed by atoms with Gasteiger partial charge in [0.1, 0.15) is 0 Å². The summed E-state index contributed by atoms with van der Waals surface area (Å²) in [5, 5.41) is 5.18. The summed E-state index contributed by atoms with van der Waals surface area (Å²) in [6, 6.07) is 21.0. The molecule has 3 rings (SSSR count). The van der Waals surface area contributed by atoms with Gasteiger partial charge in [0, 0.05) is 10.6 Å². The highest BCUT2D eigenvalue weighted by Crippen LogP contribution is 2.23. The minimum atomic E-state index is -0.364. The molecule has 0 unspecified atom stereocenters. The number of hydrogen-bond donors (Lipinski definition) is 1. The first-order valence-electron chi connectivity index (χ1n) is 8.34. The van der Waals surface area contributed by atoms with Crippen molar-refractivity contribution in [2.24, 2.45) is 0 Å². The molecule has 0 atom stereocenters. The number of benzene rings is 3. The largest absolute Gasteiger partial charge is 0.462 e. The maximum atomic E-state index is 12.1. The van der Waals surface area contributed by atoms with Crippen LogP contribution in [0.1, 0.15) is 17.3 Å². The van der Waals surface area contributed by atoms with Crippen molar-refractivity contribution in [3.63, 3.8) is 0 Å². The van der Waals surface area contributed by atoms with Gasteiger partial charge in [0.05, 0.1) is 17.9 Å². The molecular formula is C21H19NO3S. The van der Waals surface area contributed by atoms with Gasteiger partial charge in [-0.05, 0) is 54.1 Å². The van der Waals surface area contributed by atoms with Crippen molar-refractivity contribution in [1.82, 2.24) is 0 Å². The molecule has 1 N–H and O–H groups in total. The highest BCUT2D eigenvalue weighted by Gasteiger charge is 2.08. The van der Waals surface area contributed by atoms with Crippen LogP contribution >= 0.6 is 11.8 Å². The van der Waals surface area contributed by atoms with Gasteiger partial charge in [-0.1, -0.05) is 30.3 Å². The maximum absolute atomic E-state index is 12.1. The second kappa shape index (κ2) is 8.54. The molecule has 0 aliphatic rings. The fourth-order valence-electron chi connectivity index (χ4n) is 2.51. The Morgan fingerprint density at radius 1 is 0.962 bits per heavy atom. The summed E-state index contributed by atoms with van der Waals surface area (Å²) in [4.78, 5) is 24.8. The Hall–Kier alpha value is -2.79. The molecule has 0 aromatic heterocycles. The lowest BCUT2D eigenvalue weighted by Gasteiger charge is -2.07. The van der Waals surface area contributed by atoms with Crippen molar-refractivity contribution in [2.45, 2.75) is 11.8 Å². The van der Waals surface area contributed by atoms with Crippen molar-refractivity contribution in [2.75, 3.05) is 17.7 Å². The topological polar surface area (TPSA) is 55.4 Å². The molecule has 5 heteroatoms. The lowest BCUT2D eigenvalue weighted by Crippen LogP contribution is -2.14. The van der Waals surface area contributed by atoms with E-state index in [0.717, 1.165) is 10.3 Å². The Kier molecular flexibility index (Phi) is 5.92. The highest BCUT2D eigenvalue weighted by atomic mass is 32.2. The molecule has 1 amide bonds. The minimum Gasteiger partial charge on any atom is -0.462 e. The molecule has 0 saturated carbocycles. The molecule has 0 aliphatic heterocycles. The number of carbonyl (C=O) groups is 2. The quantitative estimate of drug-likeness (QED) is 0.506. The fourth-order valence-corrected chi connectivity index (χ4v) is 3.25. The summed E-state index contributed by atoms with van der Waals surface area (Å²) in [5.74, 6) is -0.137. The summed E-state index contributed by atoms with van der Waals surface area (Å²) < 4.78 is 4.94. The zero-order valence-corrected chi connectivity index (χ0v) is 15.2. The van der Waals surface area contributed by atoms with E-state index < -0.39 is 0 Å². The summed E-state index contributed by atoms with van der Waals surface area (Å²) in [5.41, 5.74) is 1.12. The van der Waals surface area contributed by atoms with E-state index in [4.69, 9.17) is 4.74 Å². The predicted molar refractivity (Wildman–Crippen MR) is 106 cm³/mol. The molecule has 4 nitrogen and oxygen atoms in total. The van der Waals surface area contributed by atoms with Crippen LogP contribution in [-0.2, 0) is 9.53 Å². The van der Waals surface area contributed by atoms with Crippen LogP contribution in [0.5, 0.6) is 0 Å². The average Bonchev–Trinajstić information content (AvgIpc) is 2.67. The van der Waals surface area contributed by atoms with Gasteiger partial charge >= 0.3 is 5.97 Å². The number of hydrogen-bond acceptors (Lipinski definition) is 4. The Morgan fingerprint density at radius 2 is 1.69 bits per heavy atom. The van der Waals surface area contributed by atoms with E-state index in [1.807, 2.05) is 18.2 Å².